The summed E-state index contributed by atoms with van der Waals surface area (Å²) in [4.78, 5) is 5.34. The first-order chi connectivity index (χ1) is 16.9. The van der Waals surface area contributed by atoms with Crippen molar-refractivity contribution in [3.05, 3.63) is 70.7 Å². The van der Waals surface area contributed by atoms with Crippen molar-refractivity contribution in [2.24, 2.45) is 0 Å². The predicted octanol–water partition coefficient (Wildman–Crippen LogP) is 5.91. The molecule has 2 heterocycles. The van der Waals surface area contributed by atoms with E-state index in [0.717, 1.165) is 41.7 Å². The number of H-pyrrole nitrogens is 1. The molecular formula is C28H34F4N2O2. The van der Waals surface area contributed by atoms with Gasteiger partial charge in [-0.3, -0.25) is 4.90 Å². The Bertz CT molecular complexity index is 1200. The highest BCUT2D eigenvalue weighted by molar-refractivity contribution is 5.81. The van der Waals surface area contributed by atoms with Crippen molar-refractivity contribution in [2.75, 3.05) is 26.3 Å². The standard InChI is InChI=1S/C28H34F4N2O2/c1-4-20-6-7-22(29)15-24(20)26(2,3)18-27(35,28(30,31)32)16-23-14-21-13-19(5-8-25(21)33-23)17-34-9-11-36-12-10-34/h5-8,13-15,33,35H,4,9-12,16-18H2,1-3H3. The van der Waals surface area contributed by atoms with Crippen molar-refractivity contribution in [1.82, 2.24) is 9.88 Å². The molecule has 1 atom stereocenters. The second-order valence-corrected chi connectivity index (χ2v) is 10.5. The van der Waals surface area contributed by atoms with E-state index >= 15 is 0 Å². The zero-order chi connectivity index (χ0) is 26.1. The van der Waals surface area contributed by atoms with Crippen LogP contribution in [0, 0.1) is 5.82 Å². The minimum atomic E-state index is -4.87. The molecule has 0 radical (unpaired) electrons. The van der Waals surface area contributed by atoms with Gasteiger partial charge < -0.3 is 14.8 Å². The maximum atomic E-state index is 14.3. The van der Waals surface area contributed by atoms with Gasteiger partial charge >= 0.3 is 6.18 Å². The van der Waals surface area contributed by atoms with Crippen molar-refractivity contribution in [1.29, 1.82) is 0 Å². The Labute approximate surface area is 209 Å². The van der Waals surface area contributed by atoms with Crippen LogP contribution in [0.1, 0.15) is 49.6 Å². The Morgan fingerprint density at radius 3 is 2.42 bits per heavy atom. The third-order valence-corrected chi connectivity index (χ3v) is 7.18. The first-order valence-corrected chi connectivity index (χ1v) is 12.4. The minimum Gasteiger partial charge on any atom is -0.380 e. The number of fused-ring (bicyclic) bond motifs is 1. The largest absolute Gasteiger partial charge is 0.417 e. The van der Waals surface area contributed by atoms with Gasteiger partial charge in [-0.15, -0.1) is 0 Å². The molecule has 2 N–H and O–H groups in total. The second kappa shape index (κ2) is 10.1. The van der Waals surface area contributed by atoms with Gasteiger partial charge in [0.05, 0.1) is 13.2 Å². The summed E-state index contributed by atoms with van der Waals surface area (Å²) in [5.74, 6) is -0.505. The van der Waals surface area contributed by atoms with Crippen LogP contribution in [0.25, 0.3) is 10.9 Å². The fourth-order valence-corrected chi connectivity index (χ4v) is 5.34. The number of morpholine rings is 1. The highest BCUT2D eigenvalue weighted by Crippen LogP contribution is 2.44. The Morgan fingerprint density at radius 1 is 1.03 bits per heavy atom. The monoisotopic (exact) mass is 506 g/mol. The normalized spacial score (nSPS) is 17.4. The van der Waals surface area contributed by atoms with Crippen molar-refractivity contribution in [3.63, 3.8) is 0 Å². The third kappa shape index (κ3) is 5.76. The molecule has 1 aromatic heterocycles. The molecule has 3 aromatic rings. The van der Waals surface area contributed by atoms with Gasteiger partial charge in [-0.05, 0) is 70.7 Å². The van der Waals surface area contributed by atoms with Gasteiger partial charge in [0.1, 0.15) is 5.82 Å². The number of benzene rings is 2. The zero-order valence-corrected chi connectivity index (χ0v) is 21.0. The maximum Gasteiger partial charge on any atom is 0.417 e. The molecule has 0 amide bonds. The van der Waals surface area contributed by atoms with E-state index in [0.29, 0.717) is 30.9 Å². The number of aromatic nitrogens is 1. The van der Waals surface area contributed by atoms with Gasteiger partial charge in [0.2, 0.25) is 0 Å². The molecule has 196 valence electrons. The number of hydrogen-bond donors (Lipinski definition) is 2. The van der Waals surface area contributed by atoms with Gasteiger partial charge in [0, 0.05) is 37.3 Å². The molecule has 8 heteroatoms. The van der Waals surface area contributed by atoms with Crippen LogP contribution in [-0.2, 0) is 29.5 Å². The average Bonchev–Trinajstić information content (AvgIpc) is 3.19. The first kappa shape index (κ1) is 26.6. The molecule has 1 fully saturated rings. The van der Waals surface area contributed by atoms with E-state index in [1.165, 1.54) is 12.1 Å². The Morgan fingerprint density at radius 2 is 1.75 bits per heavy atom. The average molecular weight is 507 g/mol. The Balaban J connectivity index is 1.60. The number of aliphatic hydroxyl groups is 1. The predicted molar refractivity (Wildman–Crippen MR) is 133 cm³/mol. The van der Waals surface area contributed by atoms with Crippen molar-refractivity contribution in [2.45, 2.75) is 63.8 Å². The van der Waals surface area contributed by atoms with Crippen LogP contribution in [0.4, 0.5) is 17.6 Å². The van der Waals surface area contributed by atoms with Crippen LogP contribution >= 0.6 is 0 Å². The molecule has 0 saturated carbocycles. The van der Waals surface area contributed by atoms with E-state index in [9.17, 15) is 22.7 Å². The number of aromatic amines is 1. The number of nitrogens with one attached hydrogen (secondary N) is 1. The summed E-state index contributed by atoms with van der Waals surface area (Å²) in [6.45, 7) is 8.94. The lowest BCUT2D eigenvalue weighted by molar-refractivity contribution is -0.266. The lowest BCUT2D eigenvalue weighted by Gasteiger charge is -2.38. The minimum absolute atomic E-state index is 0.305. The molecule has 4 rings (SSSR count). The quantitative estimate of drug-likeness (QED) is 0.374. The maximum absolute atomic E-state index is 14.3. The van der Waals surface area contributed by atoms with Crippen LogP contribution < -0.4 is 0 Å². The summed E-state index contributed by atoms with van der Waals surface area (Å²) in [7, 11) is 0. The number of alkyl halides is 3. The van der Waals surface area contributed by atoms with Gasteiger partial charge in [0.25, 0.3) is 0 Å². The van der Waals surface area contributed by atoms with E-state index in [4.69, 9.17) is 4.74 Å². The lowest BCUT2D eigenvalue weighted by atomic mass is 9.72. The zero-order valence-electron chi connectivity index (χ0n) is 21.0. The van der Waals surface area contributed by atoms with E-state index in [-0.39, 0.29) is 0 Å². The summed E-state index contributed by atoms with van der Waals surface area (Å²) in [6, 6.07) is 11.7. The Kier molecular flexibility index (Phi) is 7.51. The van der Waals surface area contributed by atoms with E-state index in [1.54, 1.807) is 26.0 Å². The molecule has 1 saturated heterocycles. The highest BCUT2D eigenvalue weighted by atomic mass is 19.4. The summed E-state index contributed by atoms with van der Waals surface area (Å²) in [6.07, 6.45) is -5.54. The molecule has 2 aromatic carbocycles. The van der Waals surface area contributed by atoms with Crippen LogP contribution in [-0.4, -0.2) is 53.1 Å². The summed E-state index contributed by atoms with van der Waals surface area (Å²) in [5, 5.41) is 11.9. The molecule has 1 aliphatic heterocycles. The van der Waals surface area contributed by atoms with E-state index in [1.807, 2.05) is 25.1 Å². The van der Waals surface area contributed by atoms with Crippen LogP contribution in [0.2, 0.25) is 0 Å². The summed E-state index contributed by atoms with van der Waals surface area (Å²) in [5.41, 5.74) is -0.765. The molecule has 1 aliphatic rings. The fraction of sp³-hybridized carbons (Fsp3) is 0.500. The van der Waals surface area contributed by atoms with Crippen LogP contribution in [0.15, 0.2) is 42.5 Å². The molecule has 1 unspecified atom stereocenters. The van der Waals surface area contributed by atoms with Crippen molar-refractivity contribution < 1.29 is 27.4 Å². The summed E-state index contributed by atoms with van der Waals surface area (Å²) < 4.78 is 62.4. The van der Waals surface area contributed by atoms with Crippen molar-refractivity contribution >= 4 is 10.9 Å². The third-order valence-electron chi connectivity index (χ3n) is 7.18. The second-order valence-electron chi connectivity index (χ2n) is 10.5. The van der Waals surface area contributed by atoms with E-state index in [2.05, 4.69) is 9.88 Å². The first-order valence-electron chi connectivity index (χ1n) is 12.4. The molecule has 36 heavy (non-hydrogen) atoms. The van der Waals surface area contributed by atoms with Crippen LogP contribution in [0.3, 0.4) is 0 Å². The molecule has 0 spiro atoms. The molecule has 0 aliphatic carbocycles. The molecule has 0 bridgehead atoms. The number of rotatable bonds is 8. The van der Waals surface area contributed by atoms with Gasteiger partial charge in [-0.2, -0.15) is 13.2 Å². The van der Waals surface area contributed by atoms with Crippen LogP contribution in [0.5, 0.6) is 0 Å². The van der Waals surface area contributed by atoms with Gasteiger partial charge in [-0.1, -0.05) is 32.9 Å². The number of hydrogen-bond acceptors (Lipinski definition) is 3. The smallest absolute Gasteiger partial charge is 0.380 e. The fourth-order valence-electron chi connectivity index (χ4n) is 5.34. The number of nitrogens with zero attached hydrogens (tertiary/aromatic N) is 1. The van der Waals surface area contributed by atoms with Gasteiger partial charge in [-0.25, -0.2) is 4.39 Å². The molecule has 4 nitrogen and oxygen atoms in total. The molecular weight excluding hydrogens is 472 g/mol. The lowest BCUT2D eigenvalue weighted by Crippen LogP contribution is -2.51. The van der Waals surface area contributed by atoms with Crippen molar-refractivity contribution in [3.8, 4) is 0 Å². The topological polar surface area (TPSA) is 48.5 Å². The Hall–Kier alpha value is -2.42. The summed E-state index contributed by atoms with van der Waals surface area (Å²) >= 11 is 0. The van der Waals surface area contributed by atoms with E-state index < -0.39 is 35.9 Å². The SMILES string of the molecule is CCc1ccc(F)cc1C(C)(C)CC(O)(Cc1cc2cc(CN3CCOCC3)ccc2[nH]1)C(F)(F)F. The number of aryl methyl sites for hydroxylation is 1. The highest BCUT2D eigenvalue weighted by Gasteiger charge is 2.56. The van der Waals surface area contributed by atoms with Gasteiger partial charge in [0.15, 0.2) is 5.60 Å². The number of ether oxygens (including phenoxy) is 1. The number of halogens is 4.